The van der Waals surface area contributed by atoms with Gasteiger partial charge >= 0.3 is 0 Å². The second-order valence-electron chi connectivity index (χ2n) is 16.1. The fourth-order valence-electron chi connectivity index (χ4n) is 9.52. The van der Waals surface area contributed by atoms with Crippen LogP contribution in [0.25, 0.3) is 93.9 Å². The van der Waals surface area contributed by atoms with Gasteiger partial charge in [-0.3, -0.25) is 0 Å². The summed E-state index contributed by atoms with van der Waals surface area (Å²) in [4.78, 5) is 2.40. The van der Waals surface area contributed by atoms with Gasteiger partial charge in [-0.2, -0.15) is 0 Å². The van der Waals surface area contributed by atoms with Gasteiger partial charge in [0.05, 0.1) is 22.4 Å². The third-order valence-electron chi connectivity index (χ3n) is 12.4. The number of furan rings is 1. The van der Waals surface area contributed by atoms with Crippen molar-refractivity contribution in [2.45, 2.75) is 0 Å². The summed E-state index contributed by atoms with van der Waals surface area (Å²) in [5.41, 5.74) is 17.8. The fraction of sp³-hybridized carbons (Fsp3) is 0. The number of benzene rings is 10. The largest absolute Gasteiger partial charge is 0.456 e. The van der Waals surface area contributed by atoms with E-state index in [1.54, 1.807) is 0 Å². The predicted molar refractivity (Wildman–Crippen MR) is 264 cm³/mol. The summed E-state index contributed by atoms with van der Waals surface area (Å²) >= 11 is 0. The van der Waals surface area contributed by atoms with Crippen molar-refractivity contribution in [2.75, 3.05) is 4.90 Å². The summed E-state index contributed by atoms with van der Waals surface area (Å²) in [6, 6.07) is 87.1. The molecule has 3 nitrogen and oxygen atoms in total. The number of para-hydroxylation sites is 5. The van der Waals surface area contributed by atoms with E-state index < -0.39 is 0 Å². The average molecular weight is 805 g/mol. The van der Waals surface area contributed by atoms with Crippen LogP contribution in [0.5, 0.6) is 0 Å². The minimum atomic E-state index is 0.877. The molecule has 3 heteroatoms. The number of aromatic nitrogens is 1. The Morgan fingerprint density at radius 1 is 0.317 bits per heavy atom. The van der Waals surface area contributed by atoms with Crippen LogP contribution in [-0.4, -0.2) is 4.57 Å². The summed E-state index contributed by atoms with van der Waals surface area (Å²) in [5.74, 6) is 0. The lowest BCUT2D eigenvalue weighted by atomic mass is 9.96. The number of nitrogens with zero attached hydrogens (tertiary/aromatic N) is 2. The minimum Gasteiger partial charge on any atom is -0.456 e. The van der Waals surface area contributed by atoms with E-state index in [0.29, 0.717) is 0 Å². The van der Waals surface area contributed by atoms with Gasteiger partial charge in [0.15, 0.2) is 0 Å². The molecule has 0 bridgehead atoms. The van der Waals surface area contributed by atoms with Gasteiger partial charge < -0.3 is 13.9 Å². The van der Waals surface area contributed by atoms with E-state index in [9.17, 15) is 0 Å². The van der Waals surface area contributed by atoms with Crippen LogP contribution in [0.1, 0.15) is 0 Å². The molecule has 10 aromatic carbocycles. The Morgan fingerprint density at radius 3 is 1.60 bits per heavy atom. The highest BCUT2D eigenvalue weighted by Gasteiger charge is 2.22. The molecule has 0 fully saturated rings. The first kappa shape index (κ1) is 36.5. The molecule has 0 saturated carbocycles. The van der Waals surface area contributed by atoms with Crippen LogP contribution < -0.4 is 4.90 Å². The molecule has 0 saturated heterocycles. The van der Waals surface area contributed by atoms with Gasteiger partial charge in [0.2, 0.25) is 0 Å². The van der Waals surface area contributed by atoms with Crippen LogP contribution in [0.15, 0.2) is 247 Å². The van der Waals surface area contributed by atoms with Crippen molar-refractivity contribution in [3.05, 3.63) is 243 Å². The van der Waals surface area contributed by atoms with E-state index in [1.165, 1.54) is 38.5 Å². The topological polar surface area (TPSA) is 21.3 Å². The summed E-state index contributed by atoms with van der Waals surface area (Å²) in [5, 5.41) is 4.73. The standard InChI is InChI=1S/C60H40N2O/c1-2-16-41(17-3-1)42-32-34-43(35-33-42)45-18-14-19-47(40-45)61(55-27-10-7-23-51(55)52-25-15-31-59-60(52)53-24-8-13-30-58(53)63-59)46-38-36-44(37-39-46)48-20-4-9-26-54(48)62-56-28-11-5-21-49(56)50-22-6-12-29-57(50)62/h1-40H. The maximum absolute atomic E-state index is 6.41. The van der Waals surface area contributed by atoms with Crippen LogP contribution in [0, 0.1) is 0 Å². The quantitative estimate of drug-likeness (QED) is 0.153. The van der Waals surface area contributed by atoms with E-state index in [4.69, 9.17) is 4.42 Å². The minimum absolute atomic E-state index is 0.877. The smallest absolute Gasteiger partial charge is 0.136 e. The number of hydrogen-bond acceptors (Lipinski definition) is 2. The Bertz CT molecular complexity index is 3560. The molecule has 2 heterocycles. The van der Waals surface area contributed by atoms with Gasteiger partial charge in [0.1, 0.15) is 11.2 Å². The van der Waals surface area contributed by atoms with Gasteiger partial charge in [-0.25, -0.2) is 0 Å². The first-order chi connectivity index (χ1) is 31.3. The average Bonchev–Trinajstić information content (AvgIpc) is 3.91. The second kappa shape index (κ2) is 15.3. The molecule has 296 valence electrons. The lowest BCUT2D eigenvalue weighted by Crippen LogP contribution is -2.11. The van der Waals surface area contributed by atoms with E-state index in [2.05, 4.69) is 246 Å². The predicted octanol–water partition coefficient (Wildman–Crippen LogP) is 16.8. The highest BCUT2D eigenvalue weighted by Crippen LogP contribution is 2.46. The van der Waals surface area contributed by atoms with Crippen molar-refractivity contribution in [3.63, 3.8) is 0 Å². The molecule has 0 N–H and O–H groups in total. The van der Waals surface area contributed by atoms with Crippen molar-refractivity contribution in [1.29, 1.82) is 0 Å². The molecule has 0 aliphatic carbocycles. The molecular weight excluding hydrogens is 765 g/mol. The third-order valence-corrected chi connectivity index (χ3v) is 12.4. The van der Waals surface area contributed by atoms with Crippen molar-refractivity contribution in [1.82, 2.24) is 4.57 Å². The molecule has 0 unspecified atom stereocenters. The normalized spacial score (nSPS) is 11.5. The van der Waals surface area contributed by atoms with Gasteiger partial charge in [-0.1, -0.05) is 182 Å². The Kier molecular flexibility index (Phi) is 8.83. The highest BCUT2D eigenvalue weighted by atomic mass is 16.3. The first-order valence-corrected chi connectivity index (χ1v) is 21.5. The first-order valence-electron chi connectivity index (χ1n) is 21.5. The number of hydrogen-bond donors (Lipinski definition) is 0. The van der Waals surface area contributed by atoms with Gasteiger partial charge in [-0.15, -0.1) is 0 Å². The van der Waals surface area contributed by atoms with Crippen LogP contribution >= 0.6 is 0 Å². The summed E-state index contributed by atoms with van der Waals surface area (Å²) in [6.45, 7) is 0. The Hall–Kier alpha value is -8.40. The van der Waals surface area contributed by atoms with Gasteiger partial charge in [0.25, 0.3) is 0 Å². The van der Waals surface area contributed by atoms with E-state index in [-0.39, 0.29) is 0 Å². The zero-order chi connectivity index (χ0) is 41.7. The summed E-state index contributed by atoms with van der Waals surface area (Å²) < 4.78 is 8.82. The molecule has 2 aromatic heterocycles. The SMILES string of the molecule is c1ccc(-c2ccc(-c3cccc(N(c4ccc(-c5ccccc5-n5c6ccccc6c6ccccc65)cc4)c4ccccc4-c4cccc5oc6ccccc6c45)c3)cc2)cc1. The Labute approximate surface area is 366 Å². The van der Waals surface area contributed by atoms with Crippen LogP contribution in [0.4, 0.5) is 17.1 Å². The Balaban J connectivity index is 1.01. The summed E-state index contributed by atoms with van der Waals surface area (Å²) in [7, 11) is 0. The number of fused-ring (bicyclic) bond motifs is 6. The van der Waals surface area contributed by atoms with Gasteiger partial charge in [0, 0.05) is 44.0 Å². The Morgan fingerprint density at radius 2 is 0.841 bits per heavy atom. The van der Waals surface area contributed by atoms with Gasteiger partial charge in [-0.05, 0) is 94.0 Å². The van der Waals surface area contributed by atoms with Crippen LogP contribution in [-0.2, 0) is 0 Å². The monoisotopic (exact) mass is 804 g/mol. The molecule has 0 spiro atoms. The molecule has 0 aliphatic heterocycles. The lowest BCUT2D eigenvalue weighted by Gasteiger charge is -2.28. The lowest BCUT2D eigenvalue weighted by molar-refractivity contribution is 0.669. The summed E-state index contributed by atoms with van der Waals surface area (Å²) in [6.07, 6.45) is 0. The van der Waals surface area contributed by atoms with Crippen LogP contribution in [0.3, 0.4) is 0 Å². The molecule has 0 atom stereocenters. The fourth-order valence-corrected chi connectivity index (χ4v) is 9.52. The molecule has 12 aromatic rings. The van der Waals surface area contributed by atoms with Crippen molar-refractivity contribution < 1.29 is 4.42 Å². The van der Waals surface area contributed by atoms with E-state index in [1.807, 2.05) is 6.07 Å². The van der Waals surface area contributed by atoms with Crippen molar-refractivity contribution in [2.24, 2.45) is 0 Å². The third kappa shape index (κ3) is 6.29. The maximum atomic E-state index is 6.41. The zero-order valence-electron chi connectivity index (χ0n) is 34.4. The zero-order valence-corrected chi connectivity index (χ0v) is 34.4. The van der Waals surface area contributed by atoms with Crippen molar-refractivity contribution in [3.8, 4) is 50.2 Å². The van der Waals surface area contributed by atoms with Crippen molar-refractivity contribution >= 4 is 60.8 Å². The molecule has 0 amide bonds. The van der Waals surface area contributed by atoms with E-state index in [0.717, 1.165) is 72.5 Å². The molecule has 63 heavy (non-hydrogen) atoms. The van der Waals surface area contributed by atoms with Crippen LogP contribution in [0.2, 0.25) is 0 Å². The molecular formula is C60H40N2O. The number of anilines is 3. The maximum Gasteiger partial charge on any atom is 0.136 e. The number of rotatable bonds is 8. The van der Waals surface area contributed by atoms with E-state index >= 15 is 0 Å². The molecule has 12 rings (SSSR count). The highest BCUT2D eigenvalue weighted by molar-refractivity contribution is 6.14. The molecule has 0 radical (unpaired) electrons. The molecule has 0 aliphatic rings. The second-order valence-corrected chi connectivity index (χ2v) is 16.1.